The number of benzene rings is 1. The summed E-state index contributed by atoms with van der Waals surface area (Å²) in [5.74, 6) is -0.498. The fraction of sp³-hybridized carbons (Fsp3) is 0.579. The van der Waals surface area contributed by atoms with Crippen molar-refractivity contribution in [2.75, 3.05) is 26.2 Å². The summed E-state index contributed by atoms with van der Waals surface area (Å²) in [7, 11) is 0. The van der Waals surface area contributed by atoms with Gasteiger partial charge in [0, 0.05) is 43.8 Å². The van der Waals surface area contributed by atoms with Gasteiger partial charge in [-0.3, -0.25) is 19.9 Å². The number of carbonyl (C=O) groups is 2. The van der Waals surface area contributed by atoms with E-state index in [-0.39, 0.29) is 11.7 Å². The molecule has 1 atom stereocenters. The second-order valence-electron chi connectivity index (χ2n) is 7.77. The lowest BCUT2D eigenvalue weighted by molar-refractivity contribution is -0.125. The number of nitrogens with zero attached hydrogens (tertiary/aromatic N) is 2. The van der Waals surface area contributed by atoms with E-state index in [0.29, 0.717) is 25.2 Å². The summed E-state index contributed by atoms with van der Waals surface area (Å²) < 4.78 is 13.8. The molecule has 0 aliphatic carbocycles. The summed E-state index contributed by atoms with van der Waals surface area (Å²) in [6.07, 6.45) is 0. The van der Waals surface area contributed by atoms with Gasteiger partial charge in [0.15, 0.2) is 0 Å². The van der Waals surface area contributed by atoms with Gasteiger partial charge in [0.2, 0.25) is 5.91 Å². The molecule has 0 radical (unpaired) electrons. The zero-order valence-electron chi connectivity index (χ0n) is 16.0. The minimum atomic E-state index is -0.479. The zero-order valence-corrected chi connectivity index (χ0v) is 16.0. The Morgan fingerprint density at radius 1 is 1.15 bits per heavy atom. The summed E-state index contributed by atoms with van der Waals surface area (Å²) in [5.41, 5.74) is 0.289. The number of halogens is 1. The van der Waals surface area contributed by atoms with Gasteiger partial charge >= 0.3 is 6.03 Å². The Bertz CT molecular complexity index is 637. The fourth-order valence-electron chi connectivity index (χ4n) is 2.93. The van der Waals surface area contributed by atoms with Gasteiger partial charge in [-0.05, 0) is 33.8 Å². The molecular weight excluding hydrogens is 335 g/mol. The Labute approximate surface area is 154 Å². The molecule has 1 aliphatic heterocycles. The van der Waals surface area contributed by atoms with E-state index < -0.39 is 17.6 Å². The van der Waals surface area contributed by atoms with Crippen molar-refractivity contribution in [2.45, 2.75) is 45.8 Å². The van der Waals surface area contributed by atoms with Gasteiger partial charge in [-0.1, -0.05) is 18.2 Å². The molecule has 1 aromatic rings. The van der Waals surface area contributed by atoms with Crippen LogP contribution < -0.4 is 10.6 Å². The van der Waals surface area contributed by atoms with E-state index >= 15 is 0 Å². The second-order valence-corrected chi connectivity index (χ2v) is 7.77. The summed E-state index contributed by atoms with van der Waals surface area (Å²) in [6, 6.07) is 5.92. The molecule has 2 N–H and O–H groups in total. The molecular formula is C19H29FN4O2. The molecule has 0 bridgehead atoms. The predicted octanol–water partition coefficient (Wildman–Crippen LogP) is 1.96. The molecule has 0 saturated carbocycles. The van der Waals surface area contributed by atoms with E-state index in [9.17, 15) is 14.0 Å². The highest BCUT2D eigenvalue weighted by Crippen LogP contribution is 2.13. The van der Waals surface area contributed by atoms with Crippen molar-refractivity contribution < 1.29 is 14.0 Å². The third-order valence-electron chi connectivity index (χ3n) is 4.41. The molecule has 1 saturated heterocycles. The minimum absolute atomic E-state index is 0.187. The Kier molecular flexibility index (Phi) is 6.72. The van der Waals surface area contributed by atoms with Crippen LogP contribution in [0, 0.1) is 5.82 Å². The highest BCUT2D eigenvalue weighted by atomic mass is 19.1. The lowest BCUT2D eigenvalue weighted by Gasteiger charge is -2.37. The first kappa shape index (κ1) is 20.3. The SMILES string of the molecule is C[C@@H](C(=O)NC(=O)NC(C)(C)C)N1CCN(Cc2ccccc2F)CC1. The maximum Gasteiger partial charge on any atom is 0.321 e. The van der Waals surface area contributed by atoms with Gasteiger partial charge in [0.05, 0.1) is 6.04 Å². The van der Waals surface area contributed by atoms with E-state index in [4.69, 9.17) is 0 Å². The van der Waals surface area contributed by atoms with Crippen molar-refractivity contribution in [3.63, 3.8) is 0 Å². The Hall–Kier alpha value is -1.99. The van der Waals surface area contributed by atoms with Crippen LogP contribution >= 0.6 is 0 Å². The maximum absolute atomic E-state index is 13.8. The number of imide groups is 1. The molecule has 1 heterocycles. The molecule has 1 aliphatic rings. The number of hydrogen-bond acceptors (Lipinski definition) is 4. The quantitative estimate of drug-likeness (QED) is 0.857. The van der Waals surface area contributed by atoms with Crippen LogP contribution in [0.25, 0.3) is 0 Å². The van der Waals surface area contributed by atoms with E-state index in [1.807, 2.05) is 31.7 Å². The van der Waals surface area contributed by atoms with Crippen LogP contribution in [0.2, 0.25) is 0 Å². The summed E-state index contributed by atoms with van der Waals surface area (Å²) in [5, 5.41) is 5.11. The summed E-state index contributed by atoms with van der Waals surface area (Å²) >= 11 is 0. The molecule has 0 aromatic heterocycles. The molecule has 1 aromatic carbocycles. The molecule has 7 heteroatoms. The molecule has 3 amide bonds. The first-order valence-electron chi connectivity index (χ1n) is 8.98. The van der Waals surface area contributed by atoms with E-state index in [2.05, 4.69) is 15.5 Å². The number of nitrogens with one attached hydrogen (secondary N) is 2. The molecule has 1 fully saturated rings. The van der Waals surface area contributed by atoms with Gasteiger partial charge in [0.1, 0.15) is 5.82 Å². The third-order valence-corrected chi connectivity index (χ3v) is 4.41. The first-order chi connectivity index (χ1) is 12.2. The zero-order chi connectivity index (χ0) is 19.3. The van der Waals surface area contributed by atoms with Crippen molar-refractivity contribution in [3.05, 3.63) is 35.6 Å². The van der Waals surface area contributed by atoms with Gasteiger partial charge in [-0.15, -0.1) is 0 Å². The topological polar surface area (TPSA) is 64.7 Å². The van der Waals surface area contributed by atoms with Gasteiger partial charge in [-0.25, -0.2) is 9.18 Å². The molecule has 2 rings (SSSR count). The monoisotopic (exact) mass is 364 g/mol. The van der Waals surface area contributed by atoms with Crippen molar-refractivity contribution in [1.29, 1.82) is 0 Å². The van der Waals surface area contributed by atoms with Gasteiger partial charge in [-0.2, -0.15) is 0 Å². The van der Waals surface area contributed by atoms with Gasteiger partial charge in [0.25, 0.3) is 0 Å². The number of piperazine rings is 1. The van der Waals surface area contributed by atoms with Crippen LogP contribution in [0.5, 0.6) is 0 Å². The third kappa shape index (κ3) is 6.07. The Morgan fingerprint density at radius 2 is 1.77 bits per heavy atom. The standard InChI is InChI=1S/C19H29FN4O2/c1-14(17(25)21-18(26)22-19(2,3)4)24-11-9-23(10-12-24)13-15-7-5-6-8-16(15)20/h5-8,14H,9-13H2,1-4H3,(H2,21,22,25,26)/t14-/m0/s1. The lowest BCUT2D eigenvalue weighted by Crippen LogP contribution is -2.56. The van der Waals surface area contributed by atoms with E-state index in [1.54, 1.807) is 19.1 Å². The lowest BCUT2D eigenvalue weighted by atomic mass is 10.1. The van der Waals surface area contributed by atoms with Crippen LogP contribution in [0.15, 0.2) is 24.3 Å². The maximum atomic E-state index is 13.8. The van der Waals surface area contributed by atoms with Crippen molar-refractivity contribution in [2.24, 2.45) is 0 Å². The highest BCUT2D eigenvalue weighted by Gasteiger charge is 2.27. The highest BCUT2D eigenvalue weighted by molar-refractivity contribution is 5.97. The van der Waals surface area contributed by atoms with Crippen molar-refractivity contribution in [1.82, 2.24) is 20.4 Å². The molecule has 6 nitrogen and oxygen atoms in total. The van der Waals surface area contributed by atoms with Crippen molar-refractivity contribution >= 4 is 11.9 Å². The fourth-order valence-corrected chi connectivity index (χ4v) is 2.93. The average Bonchev–Trinajstić information content (AvgIpc) is 2.55. The van der Waals surface area contributed by atoms with E-state index in [0.717, 1.165) is 13.1 Å². The summed E-state index contributed by atoms with van der Waals surface area (Å²) in [4.78, 5) is 28.3. The predicted molar refractivity (Wildman–Crippen MR) is 99.1 cm³/mol. The van der Waals surface area contributed by atoms with Crippen LogP contribution in [0.1, 0.15) is 33.3 Å². The molecule has 0 spiro atoms. The summed E-state index contributed by atoms with van der Waals surface area (Å²) in [6.45, 7) is 10.8. The number of hydrogen-bond donors (Lipinski definition) is 2. The first-order valence-corrected chi connectivity index (χ1v) is 8.98. The minimum Gasteiger partial charge on any atom is -0.333 e. The van der Waals surface area contributed by atoms with Crippen LogP contribution in [-0.2, 0) is 11.3 Å². The van der Waals surface area contributed by atoms with Crippen LogP contribution in [-0.4, -0.2) is 59.5 Å². The van der Waals surface area contributed by atoms with Crippen LogP contribution in [0.3, 0.4) is 0 Å². The normalized spacial score (nSPS) is 17.6. The largest absolute Gasteiger partial charge is 0.333 e. The molecule has 144 valence electrons. The number of urea groups is 1. The second kappa shape index (κ2) is 8.60. The van der Waals surface area contributed by atoms with Crippen LogP contribution in [0.4, 0.5) is 9.18 Å². The molecule has 0 unspecified atom stereocenters. The number of carbonyl (C=O) groups excluding carboxylic acids is 2. The van der Waals surface area contributed by atoms with Crippen molar-refractivity contribution in [3.8, 4) is 0 Å². The number of amides is 3. The smallest absolute Gasteiger partial charge is 0.321 e. The Morgan fingerprint density at radius 3 is 2.35 bits per heavy atom. The van der Waals surface area contributed by atoms with Gasteiger partial charge < -0.3 is 5.32 Å². The molecule has 26 heavy (non-hydrogen) atoms. The Balaban J connectivity index is 1.80. The van der Waals surface area contributed by atoms with E-state index in [1.165, 1.54) is 6.07 Å². The number of rotatable bonds is 4. The average molecular weight is 364 g/mol.